The molecule has 0 saturated heterocycles. The maximum Gasteiger partial charge on any atom is 0.338 e. The van der Waals surface area contributed by atoms with Gasteiger partial charge >= 0.3 is 11.7 Å². The van der Waals surface area contributed by atoms with Crippen molar-refractivity contribution in [3.8, 4) is 0 Å². The number of carboxylic acid groups (broad SMARTS) is 1. The highest BCUT2D eigenvalue weighted by Gasteiger charge is 2.18. The molecule has 0 atom stereocenters. The van der Waals surface area contributed by atoms with Gasteiger partial charge < -0.3 is 10.4 Å². The molecule has 1 aromatic heterocycles. The summed E-state index contributed by atoms with van der Waals surface area (Å²) in [6, 6.07) is 3.32. The minimum absolute atomic E-state index is 0.0949. The molecule has 0 fully saturated rings. The van der Waals surface area contributed by atoms with Crippen LogP contribution < -0.4 is 5.32 Å². The summed E-state index contributed by atoms with van der Waals surface area (Å²) < 4.78 is 13.9. The monoisotopic (exact) mass is 355 g/mol. The van der Waals surface area contributed by atoms with Gasteiger partial charge in [-0.2, -0.15) is 0 Å². The van der Waals surface area contributed by atoms with Crippen LogP contribution in [0.3, 0.4) is 0 Å². The number of pyridine rings is 1. The lowest BCUT2D eigenvalue weighted by atomic mass is 10.2. The van der Waals surface area contributed by atoms with E-state index in [4.69, 9.17) is 5.11 Å². The zero-order chi connectivity index (χ0) is 15.6. The number of nitrogens with one attached hydrogen (secondary N) is 1. The third-order valence-electron chi connectivity index (χ3n) is 2.55. The summed E-state index contributed by atoms with van der Waals surface area (Å²) in [4.78, 5) is 24.7. The van der Waals surface area contributed by atoms with Crippen molar-refractivity contribution in [1.29, 1.82) is 0 Å². The Labute approximate surface area is 125 Å². The Balaban J connectivity index is 2.41. The Morgan fingerprint density at radius 2 is 2.14 bits per heavy atom. The van der Waals surface area contributed by atoms with Gasteiger partial charge in [0.1, 0.15) is 17.7 Å². The van der Waals surface area contributed by atoms with Crippen LogP contribution in [-0.2, 0) is 0 Å². The Kier molecular flexibility index (Phi) is 4.13. The van der Waals surface area contributed by atoms with Crippen molar-refractivity contribution in [2.45, 2.75) is 0 Å². The van der Waals surface area contributed by atoms with Crippen molar-refractivity contribution in [1.82, 2.24) is 4.98 Å². The number of benzene rings is 1. The number of hydrogen-bond donors (Lipinski definition) is 2. The smallest absolute Gasteiger partial charge is 0.338 e. The first-order valence-electron chi connectivity index (χ1n) is 5.48. The molecule has 0 aliphatic heterocycles. The molecule has 0 bridgehead atoms. The number of rotatable bonds is 4. The molecule has 0 spiro atoms. The van der Waals surface area contributed by atoms with Crippen LogP contribution in [-0.4, -0.2) is 21.0 Å². The van der Waals surface area contributed by atoms with Crippen LogP contribution in [0.25, 0.3) is 0 Å². The van der Waals surface area contributed by atoms with Gasteiger partial charge in [0.2, 0.25) is 0 Å². The molecule has 0 unspecified atom stereocenters. The van der Waals surface area contributed by atoms with Crippen molar-refractivity contribution < 1.29 is 19.2 Å². The van der Waals surface area contributed by atoms with Gasteiger partial charge in [0, 0.05) is 11.9 Å². The van der Waals surface area contributed by atoms with Crippen molar-refractivity contribution >= 4 is 39.0 Å². The Morgan fingerprint density at radius 3 is 2.71 bits per heavy atom. The fraction of sp³-hybridized carbons (Fsp3) is 0. The van der Waals surface area contributed by atoms with E-state index in [1.807, 2.05) is 0 Å². The summed E-state index contributed by atoms with van der Waals surface area (Å²) in [6.45, 7) is 0. The highest BCUT2D eigenvalue weighted by Crippen LogP contribution is 2.33. The van der Waals surface area contributed by atoms with Crippen molar-refractivity contribution in [3.05, 3.63) is 56.6 Å². The zero-order valence-electron chi connectivity index (χ0n) is 10.2. The van der Waals surface area contributed by atoms with Crippen molar-refractivity contribution in [2.75, 3.05) is 5.32 Å². The van der Waals surface area contributed by atoms with E-state index in [-0.39, 0.29) is 17.1 Å². The zero-order valence-corrected chi connectivity index (χ0v) is 11.8. The molecular weight excluding hydrogens is 349 g/mol. The fourth-order valence-corrected chi connectivity index (χ4v) is 2.02. The van der Waals surface area contributed by atoms with Crippen LogP contribution in [0.4, 0.5) is 21.5 Å². The number of hydrogen-bond acceptors (Lipinski definition) is 5. The first-order chi connectivity index (χ1) is 9.90. The van der Waals surface area contributed by atoms with E-state index < -0.39 is 22.3 Å². The number of anilines is 2. The molecular formula is C12H7BrFN3O4. The predicted octanol–water partition coefficient (Wildman–Crippen LogP) is 3.33. The van der Waals surface area contributed by atoms with E-state index in [1.54, 1.807) is 0 Å². The van der Waals surface area contributed by atoms with Crippen LogP contribution in [0.2, 0.25) is 0 Å². The van der Waals surface area contributed by atoms with Gasteiger partial charge in [-0.25, -0.2) is 9.18 Å². The number of carbonyl (C=O) groups is 1. The van der Waals surface area contributed by atoms with Crippen LogP contribution >= 0.6 is 15.9 Å². The van der Waals surface area contributed by atoms with Gasteiger partial charge in [0.25, 0.3) is 0 Å². The topological polar surface area (TPSA) is 105 Å². The average Bonchev–Trinajstić information content (AvgIpc) is 2.40. The number of aromatic nitrogens is 1. The van der Waals surface area contributed by atoms with Crippen LogP contribution in [0, 0.1) is 15.9 Å². The predicted molar refractivity (Wildman–Crippen MR) is 75.2 cm³/mol. The number of carboxylic acids is 1. The van der Waals surface area contributed by atoms with E-state index in [0.29, 0.717) is 4.47 Å². The van der Waals surface area contributed by atoms with E-state index in [9.17, 15) is 19.3 Å². The largest absolute Gasteiger partial charge is 0.478 e. The second kappa shape index (κ2) is 5.83. The van der Waals surface area contributed by atoms with Gasteiger partial charge in [-0.15, -0.1) is 0 Å². The molecule has 0 radical (unpaired) electrons. The highest BCUT2D eigenvalue weighted by molar-refractivity contribution is 9.10. The number of nitro groups is 1. The lowest BCUT2D eigenvalue weighted by molar-refractivity contribution is -0.384. The summed E-state index contributed by atoms with van der Waals surface area (Å²) in [5, 5.41) is 22.3. The minimum atomic E-state index is -1.39. The average molecular weight is 356 g/mol. The van der Waals surface area contributed by atoms with Crippen molar-refractivity contribution in [3.63, 3.8) is 0 Å². The first kappa shape index (κ1) is 14.9. The van der Waals surface area contributed by atoms with Crippen molar-refractivity contribution in [2.24, 2.45) is 0 Å². The molecule has 2 rings (SSSR count). The second-order valence-electron chi connectivity index (χ2n) is 3.90. The summed E-state index contributed by atoms with van der Waals surface area (Å²) >= 11 is 3.11. The quantitative estimate of drug-likeness (QED) is 0.643. The molecule has 0 aliphatic rings. The third-order valence-corrected chi connectivity index (χ3v) is 3.15. The Hall–Kier alpha value is -2.55. The summed E-state index contributed by atoms with van der Waals surface area (Å²) in [7, 11) is 0. The van der Waals surface area contributed by atoms with Crippen LogP contribution in [0.15, 0.2) is 35.1 Å². The summed E-state index contributed by atoms with van der Waals surface area (Å²) in [5.41, 5.74) is -0.513. The van der Waals surface area contributed by atoms with Gasteiger partial charge in [-0.05, 0) is 34.1 Å². The fourth-order valence-electron chi connectivity index (χ4n) is 1.60. The highest BCUT2D eigenvalue weighted by atomic mass is 79.9. The van der Waals surface area contributed by atoms with Gasteiger partial charge in [-0.1, -0.05) is 0 Å². The van der Waals surface area contributed by atoms with E-state index in [2.05, 4.69) is 26.2 Å². The summed E-state index contributed by atoms with van der Waals surface area (Å²) in [5.74, 6) is -2.34. The van der Waals surface area contributed by atoms with E-state index in [0.717, 1.165) is 18.3 Å². The lowest BCUT2D eigenvalue weighted by Gasteiger charge is -2.09. The van der Waals surface area contributed by atoms with E-state index in [1.165, 1.54) is 12.3 Å². The van der Waals surface area contributed by atoms with Gasteiger partial charge in [0.15, 0.2) is 0 Å². The molecule has 7 nitrogen and oxygen atoms in total. The van der Waals surface area contributed by atoms with E-state index >= 15 is 0 Å². The molecule has 2 N–H and O–H groups in total. The summed E-state index contributed by atoms with van der Waals surface area (Å²) in [6.07, 6.45) is 2.40. The van der Waals surface area contributed by atoms with Gasteiger partial charge in [0.05, 0.1) is 15.0 Å². The normalized spacial score (nSPS) is 10.2. The Morgan fingerprint density at radius 1 is 1.43 bits per heavy atom. The maximum atomic E-state index is 13.6. The molecule has 108 valence electrons. The lowest BCUT2D eigenvalue weighted by Crippen LogP contribution is -2.03. The molecule has 0 saturated carbocycles. The molecule has 0 amide bonds. The number of halogens is 2. The molecule has 2 aromatic rings. The molecule has 21 heavy (non-hydrogen) atoms. The molecule has 1 heterocycles. The first-order valence-corrected chi connectivity index (χ1v) is 6.27. The van der Waals surface area contributed by atoms with Crippen LogP contribution in [0.5, 0.6) is 0 Å². The number of aromatic carboxylic acids is 1. The SMILES string of the molecule is O=C(O)c1ccc(Nc2c(Br)cncc2[N+](=O)[O-])cc1F. The Bertz CT molecular complexity index is 738. The van der Waals surface area contributed by atoms with Crippen LogP contribution in [0.1, 0.15) is 10.4 Å². The second-order valence-corrected chi connectivity index (χ2v) is 4.75. The molecule has 0 aliphatic carbocycles. The maximum absolute atomic E-state index is 13.6. The molecule has 9 heteroatoms. The van der Waals surface area contributed by atoms with Gasteiger partial charge in [-0.3, -0.25) is 15.1 Å². The third kappa shape index (κ3) is 3.14. The molecule has 1 aromatic carbocycles. The minimum Gasteiger partial charge on any atom is -0.478 e. The standard InChI is InChI=1S/C12H7BrFN3O4/c13-8-4-15-5-10(17(20)21)11(8)16-6-1-2-7(12(18)19)9(14)3-6/h1-5H,(H,15,16)(H,18,19). The number of nitrogens with zero attached hydrogens (tertiary/aromatic N) is 2.